The molecule has 0 N–H and O–H groups in total. The number of anilines is 1. The molecule has 1 aromatic rings. The van der Waals surface area contributed by atoms with E-state index in [0.29, 0.717) is 6.04 Å². The third-order valence-electron chi connectivity index (χ3n) is 2.37. The van der Waals surface area contributed by atoms with Crippen LogP contribution in [0.2, 0.25) is 0 Å². The Kier molecular flexibility index (Phi) is 2.17. The standard InChI is InChI=1S/C10H13FN2/c1-2-13(8-3-4-8)9-5-6-12-10(11)7-9/h5-8H,2-4H2,1H3. The van der Waals surface area contributed by atoms with Gasteiger partial charge in [-0.05, 0) is 25.8 Å². The van der Waals surface area contributed by atoms with Gasteiger partial charge in [-0.3, -0.25) is 0 Å². The lowest BCUT2D eigenvalue weighted by Gasteiger charge is -2.22. The van der Waals surface area contributed by atoms with Crippen LogP contribution in [0.4, 0.5) is 10.1 Å². The third kappa shape index (κ3) is 1.79. The zero-order valence-corrected chi connectivity index (χ0v) is 7.70. The van der Waals surface area contributed by atoms with Crippen LogP contribution < -0.4 is 4.90 Å². The minimum absolute atomic E-state index is 0.392. The second-order valence-corrected chi connectivity index (χ2v) is 3.35. The maximum absolute atomic E-state index is 12.8. The zero-order valence-electron chi connectivity index (χ0n) is 7.70. The Morgan fingerprint density at radius 2 is 2.38 bits per heavy atom. The van der Waals surface area contributed by atoms with Crippen LogP contribution in [0.15, 0.2) is 18.3 Å². The van der Waals surface area contributed by atoms with Gasteiger partial charge >= 0.3 is 0 Å². The summed E-state index contributed by atoms with van der Waals surface area (Å²) in [6, 6.07) is 4.00. The third-order valence-corrected chi connectivity index (χ3v) is 2.37. The maximum atomic E-state index is 12.8. The molecular formula is C10H13FN2. The predicted octanol–water partition coefficient (Wildman–Crippen LogP) is 2.21. The number of pyridine rings is 1. The molecule has 0 saturated heterocycles. The molecule has 1 fully saturated rings. The van der Waals surface area contributed by atoms with Crippen molar-refractivity contribution in [1.29, 1.82) is 0 Å². The molecule has 0 spiro atoms. The number of nitrogens with zero attached hydrogens (tertiary/aromatic N) is 2. The Bertz CT molecular complexity index is 297. The monoisotopic (exact) mass is 180 g/mol. The minimum Gasteiger partial charge on any atom is -0.369 e. The highest BCUT2D eigenvalue weighted by molar-refractivity contribution is 5.47. The number of halogens is 1. The van der Waals surface area contributed by atoms with E-state index in [-0.39, 0.29) is 0 Å². The van der Waals surface area contributed by atoms with Crippen molar-refractivity contribution < 1.29 is 4.39 Å². The summed E-state index contributed by atoms with van der Waals surface area (Å²) in [6.45, 7) is 3.03. The quantitative estimate of drug-likeness (QED) is 0.663. The molecule has 3 heteroatoms. The lowest BCUT2D eigenvalue weighted by atomic mass is 10.3. The molecule has 0 aromatic carbocycles. The van der Waals surface area contributed by atoms with E-state index in [1.807, 2.05) is 6.07 Å². The van der Waals surface area contributed by atoms with Crippen LogP contribution in [0, 0.1) is 5.95 Å². The summed E-state index contributed by atoms with van der Waals surface area (Å²) in [5.74, 6) is -0.392. The fourth-order valence-electron chi connectivity index (χ4n) is 1.61. The van der Waals surface area contributed by atoms with Gasteiger partial charge in [0.25, 0.3) is 0 Å². The molecule has 0 amide bonds. The van der Waals surface area contributed by atoms with Gasteiger partial charge in [-0.2, -0.15) is 4.39 Å². The molecule has 2 rings (SSSR count). The first-order valence-electron chi connectivity index (χ1n) is 4.69. The van der Waals surface area contributed by atoms with Gasteiger partial charge in [0, 0.05) is 30.5 Å². The molecule has 0 bridgehead atoms. The Morgan fingerprint density at radius 3 is 2.92 bits per heavy atom. The lowest BCUT2D eigenvalue weighted by molar-refractivity contribution is 0.582. The van der Waals surface area contributed by atoms with E-state index in [4.69, 9.17) is 0 Å². The Hall–Kier alpha value is -1.12. The van der Waals surface area contributed by atoms with Gasteiger partial charge in [0.1, 0.15) is 0 Å². The minimum atomic E-state index is -0.392. The highest BCUT2D eigenvalue weighted by Crippen LogP contribution is 2.31. The molecule has 1 aliphatic rings. The highest BCUT2D eigenvalue weighted by Gasteiger charge is 2.28. The van der Waals surface area contributed by atoms with Crippen molar-refractivity contribution in [2.45, 2.75) is 25.8 Å². The fourth-order valence-corrected chi connectivity index (χ4v) is 1.61. The van der Waals surface area contributed by atoms with Gasteiger partial charge in [-0.25, -0.2) is 4.98 Å². The van der Waals surface area contributed by atoms with Gasteiger partial charge in [0.15, 0.2) is 0 Å². The van der Waals surface area contributed by atoms with Crippen LogP contribution >= 0.6 is 0 Å². The molecule has 1 aromatic heterocycles. The lowest BCUT2D eigenvalue weighted by Crippen LogP contribution is -2.25. The van der Waals surface area contributed by atoms with Crippen LogP contribution in [-0.2, 0) is 0 Å². The molecule has 1 heterocycles. The molecule has 0 unspecified atom stereocenters. The molecule has 1 saturated carbocycles. The first kappa shape index (κ1) is 8.48. The SMILES string of the molecule is CCN(c1ccnc(F)c1)C1CC1. The molecule has 70 valence electrons. The topological polar surface area (TPSA) is 16.1 Å². The second kappa shape index (κ2) is 3.32. The first-order valence-corrected chi connectivity index (χ1v) is 4.69. The van der Waals surface area contributed by atoms with Crippen molar-refractivity contribution in [3.05, 3.63) is 24.3 Å². The second-order valence-electron chi connectivity index (χ2n) is 3.35. The maximum Gasteiger partial charge on any atom is 0.214 e. The van der Waals surface area contributed by atoms with Crippen molar-refractivity contribution in [3.8, 4) is 0 Å². The summed E-state index contributed by atoms with van der Waals surface area (Å²) >= 11 is 0. The molecule has 2 nitrogen and oxygen atoms in total. The number of hydrogen-bond donors (Lipinski definition) is 0. The molecular weight excluding hydrogens is 167 g/mol. The largest absolute Gasteiger partial charge is 0.369 e. The first-order chi connectivity index (χ1) is 6.31. The van der Waals surface area contributed by atoms with E-state index in [1.165, 1.54) is 25.1 Å². The van der Waals surface area contributed by atoms with Crippen LogP contribution in [-0.4, -0.2) is 17.6 Å². The molecule has 0 aliphatic heterocycles. The summed E-state index contributed by atoms with van der Waals surface area (Å²) in [5, 5.41) is 0. The summed E-state index contributed by atoms with van der Waals surface area (Å²) in [4.78, 5) is 5.77. The van der Waals surface area contributed by atoms with Gasteiger partial charge in [-0.15, -0.1) is 0 Å². The smallest absolute Gasteiger partial charge is 0.214 e. The van der Waals surface area contributed by atoms with Crippen molar-refractivity contribution in [3.63, 3.8) is 0 Å². The summed E-state index contributed by atoms with van der Waals surface area (Å²) < 4.78 is 12.8. The van der Waals surface area contributed by atoms with E-state index in [0.717, 1.165) is 12.2 Å². The van der Waals surface area contributed by atoms with Gasteiger partial charge in [0.05, 0.1) is 0 Å². The van der Waals surface area contributed by atoms with Crippen molar-refractivity contribution in [2.75, 3.05) is 11.4 Å². The average molecular weight is 180 g/mol. The van der Waals surface area contributed by atoms with Gasteiger partial charge in [0.2, 0.25) is 5.95 Å². The molecule has 13 heavy (non-hydrogen) atoms. The van der Waals surface area contributed by atoms with Crippen LogP contribution in [0.5, 0.6) is 0 Å². The van der Waals surface area contributed by atoms with E-state index < -0.39 is 5.95 Å². The normalized spacial score (nSPS) is 15.8. The van der Waals surface area contributed by atoms with Crippen molar-refractivity contribution in [1.82, 2.24) is 4.98 Å². The van der Waals surface area contributed by atoms with E-state index >= 15 is 0 Å². The Morgan fingerprint density at radius 1 is 1.62 bits per heavy atom. The summed E-state index contributed by atoms with van der Waals surface area (Å²) in [6.07, 6.45) is 3.99. The van der Waals surface area contributed by atoms with Crippen molar-refractivity contribution in [2.24, 2.45) is 0 Å². The molecule has 0 atom stereocenters. The molecule has 0 radical (unpaired) electrons. The van der Waals surface area contributed by atoms with Gasteiger partial charge in [-0.1, -0.05) is 0 Å². The Labute approximate surface area is 77.4 Å². The summed E-state index contributed by atoms with van der Waals surface area (Å²) in [7, 11) is 0. The van der Waals surface area contributed by atoms with E-state index in [2.05, 4.69) is 16.8 Å². The Balaban J connectivity index is 2.21. The number of hydrogen-bond acceptors (Lipinski definition) is 2. The summed E-state index contributed by atoms with van der Waals surface area (Å²) in [5.41, 5.74) is 0.956. The van der Waals surface area contributed by atoms with Crippen molar-refractivity contribution >= 4 is 5.69 Å². The van der Waals surface area contributed by atoms with Gasteiger partial charge < -0.3 is 4.90 Å². The van der Waals surface area contributed by atoms with Crippen LogP contribution in [0.3, 0.4) is 0 Å². The average Bonchev–Trinajstić information content (AvgIpc) is 2.90. The predicted molar refractivity (Wildman–Crippen MR) is 50.2 cm³/mol. The zero-order chi connectivity index (χ0) is 9.26. The van der Waals surface area contributed by atoms with E-state index in [9.17, 15) is 4.39 Å². The highest BCUT2D eigenvalue weighted by atomic mass is 19.1. The number of aromatic nitrogens is 1. The molecule has 1 aliphatic carbocycles. The van der Waals surface area contributed by atoms with E-state index in [1.54, 1.807) is 0 Å². The van der Waals surface area contributed by atoms with Crippen LogP contribution in [0.25, 0.3) is 0 Å². The number of rotatable bonds is 3. The fraction of sp³-hybridized carbons (Fsp3) is 0.500. The van der Waals surface area contributed by atoms with Crippen LogP contribution in [0.1, 0.15) is 19.8 Å².